The Morgan fingerprint density at radius 3 is 2.70 bits per heavy atom. The molecule has 54 valence electrons. The van der Waals surface area contributed by atoms with Crippen molar-refractivity contribution in [3.63, 3.8) is 0 Å². The van der Waals surface area contributed by atoms with Crippen LogP contribution in [0.25, 0.3) is 0 Å². The van der Waals surface area contributed by atoms with E-state index in [1.54, 1.807) is 19.0 Å². The fraction of sp³-hybridized carbons (Fsp3) is 0.286. The number of carbonyl (C=O) groups is 1. The zero-order chi connectivity index (χ0) is 7.56. The summed E-state index contributed by atoms with van der Waals surface area (Å²) in [6.07, 6.45) is 0. The lowest BCUT2D eigenvalue weighted by Crippen LogP contribution is -2.20. The average Bonchev–Trinajstić information content (AvgIpc) is 2.36. The Morgan fingerprint density at radius 1 is 1.60 bits per heavy atom. The van der Waals surface area contributed by atoms with Gasteiger partial charge in [0.05, 0.1) is 5.56 Å². The molecule has 1 aromatic rings. The molecule has 0 aliphatic carbocycles. The monoisotopic (exact) mass is 155 g/mol. The average molecular weight is 155 g/mol. The third-order valence-electron chi connectivity index (χ3n) is 1.17. The number of rotatable bonds is 1. The van der Waals surface area contributed by atoms with Crippen LogP contribution in [-0.4, -0.2) is 24.9 Å². The molecule has 0 spiro atoms. The zero-order valence-electron chi connectivity index (χ0n) is 6.00. The van der Waals surface area contributed by atoms with Crippen LogP contribution in [-0.2, 0) is 0 Å². The van der Waals surface area contributed by atoms with Crippen molar-refractivity contribution in [3.05, 3.63) is 22.4 Å². The molecular formula is C7H9NOS. The maximum atomic E-state index is 11.1. The number of amides is 1. The summed E-state index contributed by atoms with van der Waals surface area (Å²) in [5, 5.41) is 3.75. The van der Waals surface area contributed by atoms with Gasteiger partial charge in [0, 0.05) is 19.5 Å². The fourth-order valence-electron chi connectivity index (χ4n) is 0.644. The van der Waals surface area contributed by atoms with Gasteiger partial charge in [-0.2, -0.15) is 11.3 Å². The van der Waals surface area contributed by atoms with Crippen LogP contribution in [0.2, 0.25) is 0 Å². The van der Waals surface area contributed by atoms with Crippen LogP contribution < -0.4 is 0 Å². The smallest absolute Gasteiger partial charge is 0.254 e. The van der Waals surface area contributed by atoms with Crippen molar-refractivity contribution in [1.82, 2.24) is 4.90 Å². The molecule has 1 aromatic heterocycles. The van der Waals surface area contributed by atoms with E-state index in [1.807, 2.05) is 16.8 Å². The van der Waals surface area contributed by atoms with Crippen LogP contribution in [0.4, 0.5) is 0 Å². The van der Waals surface area contributed by atoms with Gasteiger partial charge in [-0.05, 0) is 11.4 Å². The molecule has 1 heterocycles. The highest BCUT2D eigenvalue weighted by molar-refractivity contribution is 7.08. The van der Waals surface area contributed by atoms with Gasteiger partial charge >= 0.3 is 0 Å². The minimum Gasteiger partial charge on any atom is -0.345 e. The van der Waals surface area contributed by atoms with Crippen LogP contribution in [0.3, 0.4) is 0 Å². The minimum absolute atomic E-state index is 0.0706. The Balaban J connectivity index is 2.78. The first-order chi connectivity index (χ1) is 4.72. The van der Waals surface area contributed by atoms with Gasteiger partial charge in [-0.25, -0.2) is 0 Å². The summed E-state index contributed by atoms with van der Waals surface area (Å²) in [5.74, 6) is 0.0706. The third-order valence-corrected chi connectivity index (χ3v) is 1.86. The fourth-order valence-corrected chi connectivity index (χ4v) is 1.27. The van der Waals surface area contributed by atoms with E-state index in [2.05, 4.69) is 0 Å². The second-order valence-electron chi connectivity index (χ2n) is 2.21. The molecule has 0 aliphatic rings. The molecule has 1 amide bonds. The van der Waals surface area contributed by atoms with Gasteiger partial charge in [-0.15, -0.1) is 0 Å². The van der Waals surface area contributed by atoms with E-state index in [1.165, 1.54) is 11.3 Å². The Kier molecular flexibility index (Phi) is 2.06. The molecule has 2 nitrogen and oxygen atoms in total. The van der Waals surface area contributed by atoms with Crippen molar-refractivity contribution in [1.29, 1.82) is 0 Å². The van der Waals surface area contributed by atoms with E-state index >= 15 is 0 Å². The molecule has 0 aliphatic heterocycles. The number of thiophene rings is 1. The van der Waals surface area contributed by atoms with Gasteiger partial charge < -0.3 is 4.90 Å². The summed E-state index contributed by atoms with van der Waals surface area (Å²) in [4.78, 5) is 12.7. The molecule has 3 heteroatoms. The molecule has 0 aromatic carbocycles. The van der Waals surface area contributed by atoms with Crippen molar-refractivity contribution in [2.24, 2.45) is 0 Å². The van der Waals surface area contributed by atoms with Crippen molar-refractivity contribution in [2.75, 3.05) is 14.1 Å². The molecule has 0 atom stereocenters. The van der Waals surface area contributed by atoms with Crippen molar-refractivity contribution in [2.45, 2.75) is 0 Å². The van der Waals surface area contributed by atoms with E-state index in [0.29, 0.717) is 0 Å². The highest BCUT2D eigenvalue weighted by atomic mass is 32.1. The van der Waals surface area contributed by atoms with Crippen LogP contribution >= 0.6 is 11.3 Å². The van der Waals surface area contributed by atoms with Crippen LogP contribution in [0.5, 0.6) is 0 Å². The first kappa shape index (κ1) is 7.28. The lowest BCUT2D eigenvalue weighted by atomic mass is 10.3. The quantitative estimate of drug-likeness (QED) is 0.601. The van der Waals surface area contributed by atoms with Crippen LogP contribution in [0.1, 0.15) is 10.4 Å². The Hall–Kier alpha value is -0.830. The van der Waals surface area contributed by atoms with Crippen molar-refractivity contribution < 1.29 is 4.79 Å². The summed E-state index contributed by atoms with van der Waals surface area (Å²) in [5.41, 5.74) is 0.773. The SMILES string of the molecule is CN(C)C(=O)c1ccsc1. The van der Waals surface area contributed by atoms with E-state index in [0.717, 1.165) is 5.56 Å². The molecule has 0 fully saturated rings. The molecule has 0 saturated heterocycles. The lowest BCUT2D eigenvalue weighted by molar-refractivity contribution is 0.0828. The molecule has 10 heavy (non-hydrogen) atoms. The third kappa shape index (κ3) is 1.36. The van der Waals surface area contributed by atoms with Crippen molar-refractivity contribution in [3.8, 4) is 0 Å². The molecule has 0 unspecified atom stereocenters. The topological polar surface area (TPSA) is 20.3 Å². The Bertz CT molecular complexity index is 216. The first-order valence-corrected chi connectivity index (χ1v) is 3.90. The number of hydrogen-bond donors (Lipinski definition) is 0. The van der Waals surface area contributed by atoms with Crippen LogP contribution in [0, 0.1) is 0 Å². The molecule has 0 radical (unpaired) electrons. The second kappa shape index (κ2) is 2.84. The predicted molar refractivity (Wildman–Crippen MR) is 42.3 cm³/mol. The van der Waals surface area contributed by atoms with Gasteiger partial charge in [0.15, 0.2) is 0 Å². The molecule has 0 N–H and O–H groups in total. The molecular weight excluding hydrogens is 146 g/mol. The summed E-state index contributed by atoms with van der Waals surface area (Å²) in [6.45, 7) is 0. The highest BCUT2D eigenvalue weighted by Crippen LogP contribution is 2.07. The summed E-state index contributed by atoms with van der Waals surface area (Å²) in [7, 11) is 3.50. The summed E-state index contributed by atoms with van der Waals surface area (Å²) >= 11 is 1.54. The molecule has 1 rings (SSSR count). The van der Waals surface area contributed by atoms with E-state index in [-0.39, 0.29) is 5.91 Å². The van der Waals surface area contributed by atoms with Gasteiger partial charge in [0.25, 0.3) is 5.91 Å². The lowest BCUT2D eigenvalue weighted by Gasteiger charge is -2.07. The maximum absolute atomic E-state index is 11.1. The highest BCUT2D eigenvalue weighted by Gasteiger charge is 2.05. The van der Waals surface area contributed by atoms with Gasteiger partial charge in [0.1, 0.15) is 0 Å². The molecule has 0 saturated carbocycles. The van der Waals surface area contributed by atoms with Gasteiger partial charge in [-0.3, -0.25) is 4.79 Å². The Morgan fingerprint density at radius 2 is 2.30 bits per heavy atom. The van der Waals surface area contributed by atoms with Gasteiger partial charge in [-0.1, -0.05) is 0 Å². The van der Waals surface area contributed by atoms with Crippen molar-refractivity contribution >= 4 is 17.2 Å². The summed E-state index contributed by atoms with van der Waals surface area (Å²) in [6, 6.07) is 1.83. The second-order valence-corrected chi connectivity index (χ2v) is 2.99. The number of carbonyl (C=O) groups excluding carboxylic acids is 1. The first-order valence-electron chi connectivity index (χ1n) is 2.95. The molecule has 0 bridgehead atoms. The number of hydrogen-bond acceptors (Lipinski definition) is 2. The van der Waals surface area contributed by atoms with Gasteiger partial charge in [0.2, 0.25) is 0 Å². The maximum Gasteiger partial charge on any atom is 0.254 e. The summed E-state index contributed by atoms with van der Waals surface area (Å²) < 4.78 is 0. The minimum atomic E-state index is 0.0706. The Labute approximate surface area is 64.1 Å². The van der Waals surface area contributed by atoms with E-state index in [9.17, 15) is 4.79 Å². The van der Waals surface area contributed by atoms with E-state index < -0.39 is 0 Å². The predicted octanol–water partition coefficient (Wildman–Crippen LogP) is 1.45. The standard InChI is InChI=1S/C7H9NOS/c1-8(2)7(9)6-3-4-10-5-6/h3-5H,1-2H3. The van der Waals surface area contributed by atoms with Crippen LogP contribution in [0.15, 0.2) is 16.8 Å². The normalized spacial score (nSPS) is 9.40. The largest absolute Gasteiger partial charge is 0.345 e. The number of nitrogens with zero attached hydrogens (tertiary/aromatic N) is 1. The van der Waals surface area contributed by atoms with E-state index in [4.69, 9.17) is 0 Å². The zero-order valence-corrected chi connectivity index (χ0v) is 6.81.